The first-order valence-electron chi connectivity index (χ1n) is 6.10. The van der Waals surface area contributed by atoms with Gasteiger partial charge < -0.3 is 10.4 Å². The molecule has 2 N–H and O–H groups in total. The summed E-state index contributed by atoms with van der Waals surface area (Å²) in [6, 6.07) is 11.4. The van der Waals surface area contributed by atoms with E-state index in [0.29, 0.717) is 16.1 Å². The van der Waals surface area contributed by atoms with Gasteiger partial charge in [0.15, 0.2) is 5.16 Å². The number of halogens is 1. The van der Waals surface area contributed by atoms with E-state index in [4.69, 9.17) is 11.6 Å². The fourth-order valence-electron chi connectivity index (χ4n) is 1.84. The molecule has 2 aromatic rings. The van der Waals surface area contributed by atoms with Gasteiger partial charge in [0.2, 0.25) is 0 Å². The summed E-state index contributed by atoms with van der Waals surface area (Å²) in [6.07, 6.45) is 1.89. The number of anilines is 1. The van der Waals surface area contributed by atoms with Crippen LogP contribution in [-0.4, -0.2) is 27.9 Å². The van der Waals surface area contributed by atoms with Gasteiger partial charge in [0.25, 0.3) is 0 Å². The molecule has 0 fully saturated rings. The molecule has 6 heteroatoms. The van der Waals surface area contributed by atoms with E-state index in [2.05, 4.69) is 15.3 Å². The molecule has 0 bridgehead atoms. The van der Waals surface area contributed by atoms with E-state index in [1.165, 1.54) is 11.8 Å². The molecule has 0 radical (unpaired) electrons. The standard InChI is InChI=1S/C14H16ClN3OS/c1-14(9-19,10-6-4-3-5-7-10)18-12-8-11(15)16-13(17-12)20-2/h3-8,19H,9H2,1-2H3,(H,16,17,18). The largest absolute Gasteiger partial charge is 0.394 e. The fourth-order valence-corrected chi connectivity index (χ4v) is 2.46. The predicted molar refractivity (Wildman–Crippen MR) is 83.3 cm³/mol. The van der Waals surface area contributed by atoms with Crippen molar-refractivity contribution in [3.8, 4) is 0 Å². The quantitative estimate of drug-likeness (QED) is 0.505. The van der Waals surface area contributed by atoms with Crippen LogP contribution in [0.15, 0.2) is 41.6 Å². The van der Waals surface area contributed by atoms with Gasteiger partial charge >= 0.3 is 0 Å². The van der Waals surface area contributed by atoms with Gasteiger partial charge in [-0.1, -0.05) is 53.7 Å². The Morgan fingerprint density at radius 3 is 2.60 bits per heavy atom. The predicted octanol–water partition coefficient (Wildman–Crippen LogP) is 3.17. The number of rotatable bonds is 5. The Balaban J connectivity index is 2.33. The second-order valence-corrected chi connectivity index (χ2v) is 5.70. The minimum atomic E-state index is -0.630. The summed E-state index contributed by atoms with van der Waals surface area (Å²) < 4.78 is 0. The van der Waals surface area contributed by atoms with Gasteiger partial charge in [0.05, 0.1) is 12.1 Å². The third-order valence-electron chi connectivity index (χ3n) is 2.99. The van der Waals surface area contributed by atoms with Crippen molar-refractivity contribution in [1.29, 1.82) is 0 Å². The van der Waals surface area contributed by atoms with Crippen LogP contribution in [0.5, 0.6) is 0 Å². The van der Waals surface area contributed by atoms with E-state index >= 15 is 0 Å². The maximum Gasteiger partial charge on any atom is 0.190 e. The molecule has 1 aromatic heterocycles. The number of thioether (sulfide) groups is 1. The van der Waals surface area contributed by atoms with E-state index in [1.54, 1.807) is 6.07 Å². The maximum atomic E-state index is 9.75. The fraction of sp³-hybridized carbons (Fsp3) is 0.286. The summed E-state index contributed by atoms with van der Waals surface area (Å²) >= 11 is 7.40. The van der Waals surface area contributed by atoms with Crippen LogP contribution in [0.1, 0.15) is 12.5 Å². The Hall–Kier alpha value is -1.30. The minimum Gasteiger partial charge on any atom is -0.394 e. The summed E-state index contributed by atoms with van der Waals surface area (Å²) in [5, 5.41) is 14.0. The third kappa shape index (κ3) is 3.42. The molecule has 1 heterocycles. The maximum absolute atomic E-state index is 9.75. The molecular weight excluding hydrogens is 294 g/mol. The van der Waals surface area contributed by atoms with Crippen LogP contribution in [0, 0.1) is 0 Å². The zero-order valence-corrected chi connectivity index (χ0v) is 12.9. The van der Waals surface area contributed by atoms with Gasteiger partial charge in [-0.05, 0) is 18.7 Å². The topological polar surface area (TPSA) is 58.0 Å². The van der Waals surface area contributed by atoms with Crippen molar-refractivity contribution in [2.24, 2.45) is 0 Å². The van der Waals surface area contributed by atoms with Gasteiger partial charge in [0.1, 0.15) is 11.0 Å². The highest BCUT2D eigenvalue weighted by Crippen LogP contribution is 2.26. The Bertz CT molecular complexity index is 582. The van der Waals surface area contributed by atoms with E-state index in [0.717, 1.165) is 5.56 Å². The van der Waals surface area contributed by atoms with Gasteiger partial charge in [-0.2, -0.15) is 0 Å². The van der Waals surface area contributed by atoms with Crippen LogP contribution in [0.3, 0.4) is 0 Å². The molecule has 20 heavy (non-hydrogen) atoms. The van der Waals surface area contributed by atoms with E-state index in [-0.39, 0.29) is 6.61 Å². The molecule has 0 saturated heterocycles. The third-order valence-corrected chi connectivity index (χ3v) is 3.73. The lowest BCUT2D eigenvalue weighted by atomic mass is 9.93. The van der Waals surface area contributed by atoms with Gasteiger partial charge in [-0.3, -0.25) is 0 Å². The highest BCUT2D eigenvalue weighted by molar-refractivity contribution is 7.98. The lowest BCUT2D eigenvalue weighted by Crippen LogP contribution is -2.36. The summed E-state index contributed by atoms with van der Waals surface area (Å²) in [5.41, 5.74) is 0.345. The second-order valence-electron chi connectivity index (χ2n) is 4.54. The van der Waals surface area contributed by atoms with Crippen molar-refractivity contribution in [3.05, 3.63) is 47.1 Å². The number of aromatic nitrogens is 2. The average molecular weight is 310 g/mol. The number of hydrogen-bond acceptors (Lipinski definition) is 5. The first-order valence-corrected chi connectivity index (χ1v) is 7.71. The van der Waals surface area contributed by atoms with Crippen LogP contribution >= 0.6 is 23.4 Å². The first kappa shape index (κ1) is 15.1. The molecule has 2 rings (SSSR count). The van der Waals surface area contributed by atoms with Crippen LogP contribution in [0.2, 0.25) is 5.15 Å². The summed E-state index contributed by atoms with van der Waals surface area (Å²) in [6.45, 7) is 1.85. The number of aliphatic hydroxyl groups excluding tert-OH is 1. The molecule has 0 saturated carbocycles. The molecule has 0 aliphatic heterocycles. The van der Waals surface area contributed by atoms with E-state index in [1.807, 2.05) is 43.5 Å². The number of nitrogens with zero attached hydrogens (tertiary/aromatic N) is 2. The highest BCUT2D eigenvalue weighted by Gasteiger charge is 2.26. The SMILES string of the molecule is CSc1nc(Cl)cc(NC(C)(CO)c2ccccc2)n1. The lowest BCUT2D eigenvalue weighted by molar-refractivity contribution is 0.223. The van der Waals surface area contributed by atoms with E-state index in [9.17, 15) is 5.11 Å². The van der Waals surface area contributed by atoms with Gasteiger partial charge in [0, 0.05) is 6.07 Å². The van der Waals surface area contributed by atoms with Crippen molar-refractivity contribution in [3.63, 3.8) is 0 Å². The number of benzene rings is 1. The molecular formula is C14H16ClN3OS. The van der Waals surface area contributed by atoms with Crippen molar-refractivity contribution in [2.75, 3.05) is 18.2 Å². The smallest absolute Gasteiger partial charge is 0.190 e. The van der Waals surface area contributed by atoms with Crippen molar-refractivity contribution in [1.82, 2.24) is 9.97 Å². The molecule has 106 valence electrons. The molecule has 0 amide bonds. The van der Waals surface area contributed by atoms with Gasteiger partial charge in [-0.15, -0.1) is 0 Å². The zero-order valence-electron chi connectivity index (χ0n) is 11.3. The molecule has 1 unspecified atom stereocenters. The van der Waals surface area contributed by atoms with Crippen molar-refractivity contribution in [2.45, 2.75) is 17.6 Å². The molecule has 1 aromatic carbocycles. The molecule has 0 aliphatic carbocycles. The van der Waals surface area contributed by atoms with Crippen LogP contribution in [0.25, 0.3) is 0 Å². The van der Waals surface area contributed by atoms with Gasteiger partial charge in [-0.25, -0.2) is 9.97 Å². The van der Waals surface area contributed by atoms with Crippen LogP contribution in [0.4, 0.5) is 5.82 Å². The Morgan fingerprint density at radius 2 is 2.00 bits per heavy atom. The van der Waals surface area contributed by atoms with Crippen molar-refractivity contribution >= 4 is 29.2 Å². The van der Waals surface area contributed by atoms with E-state index < -0.39 is 5.54 Å². The minimum absolute atomic E-state index is 0.0623. The zero-order chi connectivity index (χ0) is 14.6. The number of aliphatic hydroxyl groups is 1. The first-order chi connectivity index (χ1) is 9.57. The molecule has 0 aliphatic rings. The Kier molecular flexibility index (Phi) is 4.86. The average Bonchev–Trinajstić information content (AvgIpc) is 2.47. The van der Waals surface area contributed by atoms with Crippen molar-refractivity contribution < 1.29 is 5.11 Å². The van der Waals surface area contributed by atoms with Crippen LogP contribution in [-0.2, 0) is 5.54 Å². The number of hydrogen-bond donors (Lipinski definition) is 2. The number of nitrogens with one attached hydrogen (secondary N) is 1. The summed E-state index contributed by atoms with van der Waals surface area (Å²) in [5.74, 6) is 0.592. The highest BCUT2D eigenvalue weighted by atomic mass is 35.5. The molecule has 1 atom stereocenters. The second kappa shape index (κ2) is 6.43. The normalized spacial score (nSPS) is 13.8. The summed E-state index contributed by atoms with van der Waals surface area (Å²) in [7, 11) is 0. The Labute approximate surface area is 127 Å². The summed E-state index contributed by atoms with van der Waals surface area (Å²) in [4.78, 5) is 8.45. The monoisotopic (exact) mass is 309 g/mol. The lowest BCUT2D eigenvalue weighted by Gasteiger charge is -2.30. The Morgan fingerprint density at radius 1 is 1.30 bits per heavy atom. The van der Waals surface area contributed by atoms with Crippen LogP contribution < -0.4 is 5.32 Å². The molecule has 4 nitrogen and oxygen atoms in total. The molecule has 0 spiro atoms.